The quantitative estimate of drug-likeness (QED) is 0.493. The monoisotopic (exact) mass is 469 g/mol. The molecule has 2 N–H and O–H groups in total. The Morgan fingerprint density at radius 2 is 1.94 bits per heavy atom. The summed E-state index contributed by atoms with van der Waals surface area (Å²) in [7, 11) is -3.81. The second-order valence-corrected chi connectivity index (χ2v) is 10.7. The van der Waals surface area contributed by atoms with Crippen LogP contribution in [0.25, 0.3) is 5.65 Å². The SMILES string of the molecule is Cc1cccc(S(=O)(=O)NC2(C(=O)NCCCc3cnc4cc(C)nn4c3)CCCCC2)c1. The molecule has 1 amide bonds. The third-order valence-corrected chi connectivity index (χ3v) is 7.72. The number of hydrogen-bond acceptors (Lipinski definition) is 5. The molecule has 1 aromatic carbocycles. The lowest BCUT2D eigenvalue weighted by atomic mass is 9.82. The maximum atomic E-state index is 13.2. The Kier molecular flexibility index (Phi) is 6.81. The number of nitrogens with one attached hydrogen (secondary N) is 2. The number of sulfonamides is 1. The average Bonchev–Trinajstić information content (AvgIpc) is 3.16. The highest BCUT2D eigenvalue weighted by Crippen LogP contribution is 2.30. The van der Waals surface area contributed by atoms with Gasteiger partial charge < -0.3 is 5.32 Å². The van der Waals surface area contributed by atoms with Crippen LogP contribution in [0.1, 0.15) is 55.3 Å². The zero-order valence-corrected chi connectivity index (χ0v) is 20.0. The van der Waals surface area contributed by atoms with Crippen LogP contribution >= 0.6 is 0 Å². The van der Waals surface area contributed by atoms with Gasteiger partial charge in [0.2, 0.25) is 15.9 Å². The molecule has 4 rings (SSSR count). The first-order valence-corrected chi connectivity index (χ1v) is 13.0. The lowest BCUT2D eigenvalue weighted by Gasteiger charge is -2.36. The predicted molar refractivity (Wildman–Crippen MR) is 126 cm³/mol. The van der Waals surface area contributed by atoms with Crippen LogP contribution in [0.4, 0.5) is 0 Å². The molecule has 33 heavy (non-hydrogen) atoms. The molecular weight excluding hydrogens is 438 g/mol. The smallest absolute Gasteiger partial charge is 0.241 e. The van der Waals surface area contributed by atoms with Crippen LogP contribution in [0, 0.1) is 13.8 Å². The first-order chi connectivity index (χ1) is 15.8. The van der Waals surface area contributed by atoms with Crippen molar-refractivity contribution in [1.29, 1.82) is 0 Å². The average molecular weight is 470 g/mol. The Bertz CT molecular complexity index is 1250. The molecule has 1 saturated carbocycles. The van der Waals surface area contributed by atoms with Crippen molar-refractivity contribution >= 4 is 21.6 Å². The number of aromatic nitrogens is 3. The standard InChI is InChI=1S/C24H31N5O3S/c1-18-8-6-10-21(14-18)33(31,32)28-24(11-4-3-5-12-24)23(30)25-13-7-9-20-16-26-22-15-19(2)27-29(22)17-20/h6,8,10,14-17,28H,3-5,7,9,11-13H2,1-2H3,(H,25,30). The maximum Gasteiger partial charge on any atom is 0.241 e. The van der Waals surface area contributed by atoms with E-state index in [4.69, 9.17) is 0 Å². The highest BCUT2D eigenvalue weighted by Gasteiger charge is 2.42. The minimum Gasteiger partial charge on any atom is -0.354 e. The Labute approximate surface area is 194 Å². The molecule has 0 spiro atoms. The summed E-state index contributed by atoms with van der Waals surface area (Å²) in [4.78, 5) is 17.8. The van der Waals surface area contributed by atoms with Crippen molar-refractivity contribution in [3.63, 3.8) is 0 Å². The van der Waals surface area contributed by atoms with Gasteiger partial charge in [-0.25, -0.2) is 17.9 Å². The summed E-state index contributed by atoms with van der Waals surface area (Å²) in [6.07, 6.45) is 8.89. The van der Waals surface area contributed by atoms with E-state index in [9.17, 15) is 13.2 Å². The van der Waals surface area contributed by atoms with Crippen molar-refractivity contribution in [2.24, 2.45) is 0 Å². The number of carbonyl (C=O) groups is 1. The number of benzene rings is 1. The van der Waals surface area contributed by atoms with Gasteiger partial charge >= 0.3 is 0 Å². The Balaban J connectivity index is 1.39. The lowest BCUT2D eigenvalue weighted by Crippen LogP contribution is -2.59. The highest BCUT2D eigenvalue weighted by atomic mass is 32.2. The molecule has 1 aliphatic rings. The molecule has 176 valence electrons. The summed E-state index contributed by atoms with van der Waals surface area (Å²) in [5.74, 6) is -0.241. The van der Waals surface area contributed by atoms with E-state index in [1.54, 1.807) is 22.7 Å². The van der Waals surface area contributed by atoms with Crippen LogP contribution in [-0.2, 0) is 21.2 Å². The molecule has 8 nitrogen and oxygen atoms in total. The van der Waals surface area contributed by atoms with Crippen molar-refractivity contribution in [3.8, 4) is 0 Å². The minimum absolute atomic E-state index is 0.192. The van der Waals surface area contributed by atoms with Gasteiger partial charge in [-0.2, -0.15) is 9.82 Å². The zero-order chi connectivity index (χ0) is 23.5. The van der Waals surface area contributed by atoms with Crippen LogP contribution in [0.2, 0.25) is 0 Å². The molecule has 3 aromatic rings. The van der Waals surface area contributed by atoms with E-state index in [1.807, 2.05) is 38.4 Å². The van der Waals surface area contributed by atoms with Gasteiger partial charge in [-0.3, -0.25) is 4.79 Å². The van der Waals surface area contributed by atoms with E-state index in [0.29, 0.717) is 19.4 Å². The first-order valence-electron chi connectivity index (χ1n) is 11.5. The largest absolute Gasteiger partial charge is 0.354 e. The third-order valence-electron chi connectivity index (χ3n) is 6.19. The van der Waals surface area contributed by atoms with Gasteiger partial charge in [0.05, 0.1) is 10.6 Å². The predicted octanol–water partition coefficient (Wildman–Crippen LogP) is 3.08. The molecule has 2 heterocycles. The van der Waals surface area contributed by atoms with E-state index in [-0.39, 0.29) is 10.8 Å². The summed E-state index contributed by atoms with van der Waals surface area (Å²) in [5, 5.41) is 7.37. The van der Waals surface area contributed by atoms with Gasteiger partial charge in [0.15, 0.2) is 5.65 Å². The van der Waals surface area contributed by atoms with Crippen molar-refractivity contribution in [3.05, 3.63) is 59.5 Å². The highest BCUT2D eigenvalue weighted by molar-refractivity contribution is 7.89. The Morgan fingerprint density at radius 3 is 2.70 bits per heavy atom. The van der Waals surface area contributed by atoms with Crippen LogP contribution < -0.4 is 10.0 Å². The topological polar surface area (TPSA) is 105 Å². The van der Waals surface area contributed by atoms with Gasteiger partial charge in [0, 0.05) is 25.0 Å². The van der Waals surface area contributed by atoms with Gasteiger partial charge in [-0.05, 0) is 62.8 Å². The molecule has 0 atom stereocenters. The second kappa shape index (κ2) is 9.61. The number of fused-ring (bicyclic) bond motifs is 1. The molecule has 2 aromatic heterocycles. The molecule has 0 bridgehead atoms. The number of nitrogens with zero attached hydrogens (tertiary/aromatic N) is 3. The van der Waals surface area contributed by atoms with E-state index in [2.05, 4.69) is 20.1 Å². The van der Waals surface area contributed by atoms with Crippen LogP contribution in [-0.4, -0.2) is 41.0 Å². The van der Waals surface area contributed by atoms with Crippen LogP contribution in [0.15, 0.2) is 47.6 Å². The molecule has 0 unspecified atom stereocenters. The van der Waals surface area contributed by atoms with Crippen molar-refractivity contribution in [1.82, 2.24) is 24.6 Å². The fourth-order valence-corrected chi connectivity index (χ4v) is 5.98. The number of rotatable bonds is 8. The molecule has 9 heteroatoms. The maximum absolute atomic E-state index is 13.2. The molecule has 0 radical (unpaired) electrons. The van der Waals surface area contributed by atoms with Crippen LogP contribution in [0.3, 0.4) is 0 Å². The van der Waals surface area contributed by atoms with Gasteiger partial charge in [-0.1, -0.05) is 31.4 Å². The summed E-state index contributed by atoms with van der Waals surface area (Å²) in [5.41, 5.74) is 2.52. The molecule has 0 saturated heterocycles. The summed E-state index contributed by atoms with van der Waals surface area (Å²) < 4.78 is 30.7. The fourth-order valence-electron chi connectivity index (χ4n) is 4.46. The van der Waals surface area contributed by atoms with Gasteiger partial charge in [0.25, 0.3) is 0 Å². The Hall–Kier alpha value is -2.78. The second-order valence-electron chi connectivity index (χ2n) is 8.97. The van der Waals surface area contributed by atoms with E-state index < -0.39 is 15.6 Å². The van der Waals surface area contributed by atoms with Crippen molar-refractivity contribution in [2.45, 2.75) is 69.2 Å². The van der Waals surface area contributed by atoms with Gasteiger partial charge in [0.1, 0.15) is 5.54 Å². The van der Waals surface area contributed by atoms with E-state index >= 15 is 0 Å². The van der Waals surface area contributed by atoms with Gasteiger partial charge in [-0.15, -0.1) is 0 Å². The molecule has 1 aliphatic carbocycles. The van der Waals surface area contributed by atoms with E-state index in [1.165, 1.54) is 0 Å². The number of aryl methyl sites for hydroxylation is 3. The molecule has 0 aliphatic heterocycles. The molecular formula is C24H31N5O3S. The lowest BCUT2D eigenvalue weighted by molar-refractivity contribution is -0.128. The Morgan fingerprint density at radius 1 is 1.15 bits per heavy atom. The van der Waals surface area contributed by atoms with Crippen LogP contribution in [0.5, 0.6) is 0 Å². The van der Waals surface area contributed by atoms with Crippen molar-refractivity contribution in [2.75, 3.05) is 6.54 Å². The first kappa shape index (κ1) is 23.4. The number of hydrogen-bond donors (Lipinski definition) is 2. The third kappa shape index (κ3) is 5.42. The summed E-state index contributed by atoms with van der Waals surface area (Å²) in [6, 6.07) is 8.68. The summed E-state index contributed by atoms with van der Waals surface area (Å²) >= 11 is 0. The normalized spacial score (nSPS) is 16.1. The van der Waals surface area contributed by atoms with E-state index in [0.717, 1.165) is 54.6 Å². The summed E-state index contributed by atoms with van der Waals surface area (Å²) in [6.45, 7) is 4.24. The molecule has 1 fully saturated rings. The fraction of sp³-hybridized carbons (Fsp3) is 0.458. The number of carbonyl (C=O) groups excluding carboxylic acids is 1. The van der Waals surface area contributed by atoms with Crippen molar-refractivity contribution < 1.29 is 13.2 Å². The minimum atomic E-state index is -3.81. The zero-order valence-electron chi connectivity index (χ0n) is 19.2. The number of amides is 1.